The Morgan fingerprint density at radius 2 is 1.02 bits per heavy atom. The summed E-state index contributed by atoms with van der Waals surface area (Å²) >= 11 is 0. The Hall–Kier alpha value is -3.52. The summed E-state index contributed by atoms with van der Waals surface area (Å²) in [5.74, 6) is 0.893. The Bertz CT molecular complexity index is 1350. The third-order valence-electron chi connectivity index (χ3n) is 8.34. The molecule has 0 atom stereocenters. The van der Waals surface area contributed by atoms with Gasteiger partial charge in [0.2, 0.25) is 0 Å². The molecule has 2 nitrogen and oxygen atoms in total. The zero-order valence-electron chi connectivity index (χ0n) is 25.6. The smallest absolute Gasteiger partial charge is 0.0989 e. The fourth-order valence-corrected chi connectivity index (χ4v) is 6.92. The molecule has 4 aromatic rings. The summed E-state index contributed by atoms with van der Waals surface area (Å²) in [6.07, 6.45) is 1.10. The number of rotatable bonds is 7. The van der Waals surface area contributed by atoms with Crippen molar-refractivity contribution in [3.8, 4) is 0 Å². The first-order valence-electron chi connectivity index (χ1n) is 14.8. The van der Waals surface area contributed by atoms with Gasteiger partial charge in [0.05, 0.1) is 6.04 Å². The van der Waals surface area contributed by atoms with Gasteiger partial charge in [0, 0.05) is 28.3 Å². The molecule has 1 aliphatic heterocycles. The molecule has 2 heteroatoms. The van der Waals surface area contributed by atoms with E-state index in [1.54, 1.807) is 0 Å². The van der Waals surface area contributed by atoms with Crippen LogP contribution in [-0.2, 0) is 0 Å². The zero-order chi connectivity index (χ0) is 28.7. The predicted octanol–water partition coefficient (Wildman–Crippen LogP) is 11.0. The van der Waals surface area contributed by atoms with E-state index >= 15 is 0 Å². The van der Waals surface area contributed by atoms with E-state index in [2.05, 4.69) is 168 Å². The van der Waals surface area contributed by atoms with Gasteiger partial charge in [0.1, 0.15) is 0 Å². The van der Waals surface area contributed by atoms with Gasteiger partial charge in [-0.25, -0.2) is 0 Å². The van der Waals surface area contributed by atoms with Crippen LogP contribution >= 0.6 is 0 Å². The molecule has 207 valence electrons. The van der Waals surface area contributed by atoms with E-state index in [1.165, 1.54) is 28.4 Å². The molecule has 1 radical (unpaired) electrons. The van der Waals surface area contributed by atoms with Crippen LogP contribution in [0, 0.1) is 11.5 Å². The van der Waals surface area contributed by atoms with Crippen molar-refractivity contribution in [2.24, 2.45) is 5.41 Å². The minimum absolute atomic E-state index is 0.00769. The average molecular weight is 530 g/mol. The molecule has 0 saturated carbocycles. The number of para-hydroxylation sites is 3. The maximum absolute atomic E-state index is 2.71. The summed E-state index contributed by atoms with van der Waals surface area (Å²) < 4.78 is 0. The second-order valence-electron chi connectivity index (χ2n) is 13.2. The van der Waals surface area contributed by atoms with E-state index in [1.807, 2.05) is 0 Å². The van der Waals surface area contributed by atoms with Crippen LogP contribution in [0.1, 0.15) is 90.3 Å². The van der Waals surface area contributed by atoms with E-state index in [0.717, 1.165) is 23.5 Å². The van der Waals surface area contributed by atoms with Gasteiger partial charge in [-0.1, -0.05) is 108 Å². The molecule has 1 aliphatic rings. The van der Waals surface area contributed by atoms with Crippen LogP contribution in [0.3, 0.4) is 0 Å². The van der Waals surface area contributed by atoms with Crippen molar-refractivity contribution in [3.05, 3.63) is 126 Å². The Labute approximate surface area is 242 Å². The Morgan fingerprint density at radius 1 is 0.575 bits per heavy atom. The number of hydrogen-bond acceptors (Lipinski definition) is 2. The molecule has 40 heavy (non-hydrogen) atoms. The molecule has 1 heterocycles. The first-order valence-corrected chi connectivity index (χ1v) is 14.8. The highest BCUT2D eigenvalue weighted by Gasteiger charge is 2.53. The minimum Gasteiger partial charge on any atom is -0.353 e. The summed E-state index contributed by atoms with van der Waals surface area (Å²) in [7, 11) is 0. The van der Waals surface area contributed by atoms with E-state index < -0.39 is 0 Å². The molecular formula is C38H45N2. The monoisotopic (exact) mass is 529 g/mol. The molecule has 0 N–H and O–H groups in total. The standard InChI is InChI=1S/C38H45N2/c1-27(2)33-20-15-21-34(28(3)4)35(33)40-36(37(5,6)26-38(40,7)8)29-22-24-32(25-23-29)39(30-16-11-9-12-17-30)31-18-13-10-14-19-31/h9-25,27-28H,26H2,1-8H3. The lowest BCUT2D eigenvalue weighted by atomic mass is 9.78. The molecule has 0 amide bonds. The third-order valence-corrected chi connectivity index (χ3v) is 8.34. The van der Waals surface area contributed by atoms with Gasteiger partial charge in [-0.3, -0.25) is 0 Å². The Balaban J connectivity index is 1.63. The second-order valence-corrected chi connectivity index (χ2v) is 13.2. The topological polar surface area (TPSA) is 6.48 Å². The molecule has 0 unspecified atom stereocenters. The highest BCUT2D eigenvalue weighted by Crippen LogP contribution is 2.57. The third kappa shape index (κ3) is 5.17. The van der Waals surface area contributed by atoms with Crippen molar-refractivity contribution in [1.82, 2.24) is 0 Å². The summed E-state index contributed by atoms with van der Waals surface area (Å²) in [4.78, 5) is 5.04. The highest BCUT2D eigenvalue weighted by molar-refractivity contribution is 5.77. The summed E-state index contributed by atoms with van der Waals surface area (Å²) in [5, 5.41) is 0. The van der Waals surface area contributed by atoms with Crippen LogP contribution in [0.5, 0.6) is 0 Å². The van der Waals surface area contributed by atoms with Crippen molar-refractivity contribution in [3.63, 3.8) is 0 Å². The lowest BCUT2D eigenvalue weighted by Crippen LogP contribution is -2.42. The van der Waals surface area contributed by atoms with Gasteiger partial charge in [0.15, 0.2) is 0 Å². The number of benzene rings is 4. The number of nitrogens with zero attached hydrogens (tertiary/aromatic N) is 2. The van der Waals surface area contributed by atoms with Crippen LogP contribution in [0.4, 0.5) is 22.7 Å². The lowest BCUT2D eigenvalue weighted by molar-refractivity contribution is 0.376. The average Bonchev–Trinajstić information content (AvgIpc) is 3.12. The Morgan fingerprint density at radius 3 is 1.48 bits per heavy atom. The van der Waals surface area contributed by atoms with Crippen molar-refractivity contribution in [2.75, 3.05) is 9.80 Å². The van der Waals surface area contributed by atoms with Gasteiger partial charge in [0.25, 0.3) is 0 Å². The maximum Gasteiger partial charge on any atom is 0.0989 e. The molecule has 1 fully saturated rings. The molecule has 0 aromatic heterocycles. The molecule has 5 rings (SSSR count). The van der Waals surface area contributed by atoms with Crippen LogP contribution in [0.15, 0.2) is 103 Å². The normalized spacial score (nSPS) is 16.6. The van der Waals surface area contributed by atoms with Crippen molar-refractivity contribution in [1.29, 1.82) is 0 Å². The largest absolute Gasteiger partial charge is 0.353 e. The second kappa shape index (κ2) is 10.8. The fraction of sp³-hybridized carbons (Fsp3) is 0.342. The van der Waals surface area contributed by atoms with Gasteiger partial charge in [-0.15, -0.1) is 0 Å². The molecular weight excluding hydrogens is 484 g/mol. The highest BCUT2D eigenvalue weighted by atomic mass is 15.3. The van der Waals surface area contributed by atoms with Crippen LogP contribution in [-0.4, -0.2) is 5.54 Å². The van der Waals surface area contributed by atoms with Gasteiger partial charge >= 0.3 is 0 Å². The van der Waals surface area contributed by atoms with Crippen LogP contribution < -0.4 is 9.80 Å². The maximum atomic E-state index is 2.71. The summed E-state index contributed by atoms with van der Waals surface area (Å²) in [6.45, 7) is 19.0. The minimum atomic E-state index is -0.00769. The van der Waals surface area contributed by atoms with Gasteiger partial charge in [-0.2, -0.15) is 0 Å². The summed E-state index contributed by atoms with van der Waals surface area (Å²) in [6, 6.07) is 38.9. The number of anilines is 4. The Kier molecular flexibility index (Phi) is 7.57. The molecule has 1 saturated heterocycles. The quantitative estimate of drug-likeness (QED) is 0.235. The molecule has 0 aliphatic carbocycles. The lowest BCUT2D eigenvalue weighted by Gasteiger charge is -2.42. The summed E-state index contributed by atoms with van der Waals surface area (Å²) in [5.41, 5.74) is 9.08. The van der Waals surface area contributed by atoms with Gasteiger partial charge in [-0.05, 0) is 90.6 Å². The first kappa shape index (κ1) is 28.0. The molecule has 0 spiro atoms. The zero-order valence-corrected chi connectivity index (χ0v) is 25.6. The molecule has 4 aromatic carbocycles. The number of hydrogen-bond donors (Lipinski definition) is 0. The SMILES string of the molecule is CC(C)c1cccc(C(C)C)c1N1[C](c2ccc(N(c3ccccc3)c3ccccc3)cc2)C(C)(C)CC1(C)C. The van der Waals surface area contributed by atoms with Crippen LogP contribution in [0.2, 0.25) is 0 Å². The van der Waals surface area contributed by atoms with Crippen molar-refractivity contribution < 1.29 is 0 Å². The van der Waals surface area contributed by atoms with Crippen molar-refractivity contribution in [2.45, 2.75) is 79.2 Å². The van der Waals surface area contributed by atoms with E-state index in [9.17, 15) is 0 Å². The van der Waals surface area contributed by atoms with E-state index in [-0.39, 0.29) is 11.0 Å². The predicted molar refractivity (Wildman–Crippen MR) is 173 cm³/mol. The van der Waals surface area contributed by atoms with E-state index in [4.69, 9.17) is 0 Å². The van der Waals surface area contributed by atoms with Gasteiger partial charge < -0.3 is 9.80 Å². The first-order chi connectivity index (χ1) is 19.0. The fourth-order valence-electron chi connectivity index (χ4n) is 6.92. The molecule has 0 bridgehead atoms. The van der Waals surface area contributed by atoms with E-state index in [0.29, 0.717) is 11.8 Å². The van der Waals surface area contributed by atoms with Crippen LogP contribution in [0.25, 0.3) is 0 Å². The van der Waals surface area contributed by atoms with Crippen molar-refractivity contribution >= 4 is 22.7 Å².